The van der Waals surface area contributed by atoms with Gasteiger partial charge in [0.25, 0.3) is 0 Å². The van der Waals surface area contributed by atoms with Crippen LogP contribution in [0.4, 0.5) is 0 Å². The van der Waals surface area contributed by atoms with Crippen molar-refractivity contribution in [2.45, 2.75) is 26.7 Å². The maximum Gasteiger partial charge on any atom is 0.137 e. The predicted molar refractivity (Wildman–Crippen MR) is 54.0 cm³/mol. The third kappa shape index (κ3) is 1.22. The number of pyridine rings is 1. The molecule has 0 fully saturated rings. The van der Waals surface area contributed by atoms with E-state index in [0.29, 0.717) is 5.92 Å². The molecule has 2 aromatic rings. The average Bonchev–Trinajstić information content (AvgIpc) is 2.49. The molecule has 2 heterocycles. The zero-order valence-corrected chi connectivity index (χ0v) is 8.28. The van der Waals surface area contributed by atoms with Gasteiger partial charge in [-0.1, -0.05) is 19.9 Å². The molecular weight excluding hydrogens is 160 g/mol. The summed E-state index contributed by atoms with van der Waals surface area (Å²) in [4.78, 5) is 4.36. The van der Waals surface area contributed by atoms with Gasteiger partial charge in [0.15, 0.2) is 0 Å². The third-order valence-corrected chi connectivity index (χ3v) is 2.34. The highest BCUT2D eigenvalue weighted by molar-refractivity contribution is 5.42. The van der Waals surface area contributed by atoms with E-state index in [4.69, 9.17) is 0 Å². The summed E-state index contributed by atoms with van der Waals surface area (Å²) < 4.78 is 2.21. The lowest BCUT2D eigenvalue weighted by Gasteiger charge is -2.07. The van der Waals surface area contributed by atoms with Crippen LogP contribution in [0.15, 0.2) is 24.4 Å². The number of aromatic nitrogens is 2. The van der Waals surface area contributed by atoms with Crippen LogP contribution < -0.4 is 0 Å². The monoisotopic (exact) mass is 174 g/mol. The predicted octanol–water partition coefficient (Wildman–Crippen LogP) is 2.77. The van der Waals surface area contributed by atoms with Crippen molar-refractivity contribution in [1.29, 1.82) is 0 Å². The highest BCUT2D eigenvalue weighted by atomic mass is 15.0. The molecule has 68 valence electrons. The summed E-state index contributed by atoms with van der Waals surface area (Å²) in [5.41, 5.74) is 3.58. The number of rotatable bonds is 1. The topological polar surface area (TPSA) is 17.3 Å². The molecule has 2 rings (SSSR count). The van der Waals surface area contributed by atoms with Gasteiger partial charge >= 0.3 is 0 Å². The Balaban J connectivity index is 2.79. The fourth-order valence-corrected chi connectivity index (χ4v) is 1.64. The molecule has 0 aromatic carbocycles. The molecular formula is C11H14N2. The average molecular weight is 174 g/mol. The molecule has 0 aliphatic carbocycles. The van der Waals surface area contributed by atoms with Crippen LogP contribution in [0.5, 0.6) is 0 Å². The van der Waals surface area contributed by atoms with Gasteiger partial charge in [0.1, 0.15) is 5.65 Å². The summed E-state index contributed by atoms with van der Waals surface area (Å²) in [7, 11) is 0. The molecule has 0 saturated heterocycles. The molecule has 0 saturated carbocycles. The minimum atomic E-state index is 0.524. The van der Waals surface area contributed by atoms with E-state index >= 15 is 0 Å². The van der Waals surface area contributed by atoms with Gasteiger partial charge in [0.2, 0.25) is 0 Å². The molecule has 0 bridgehead atoms. The smallest absolute Gasteiger partial charge is 0.137 e. The van der Waals surface area contributed by atoms with Gasteiger partial charge in [0.05, 0.1) is 0 Å². The van der Waals surface area contributed by atoms with Crippen molar-refractivity contribution in [3.05, 3.63) is 35.8 Å². The first kappa shape index (κ1) is 8.30. The van der Waals surface area contributed by atoms with Crippen molar-refractivity contribution in [3.63, 3.8) is 0 Å². The standard InChI is InChI=1S/C11H14N2/c1-8(2)10-7-12-11-6-4-5-9(3)13(10)11/h4-8H,1-3H3. The molecule has 0 unspecified atom stereocenters. The minimum absolute atomic E-state index is 0.524. The van der Waals surface area contributed by atoms with Crippen molar-refractivity contribution in [1.82, 2.24) is 9.38 Å². The Bertz CT molecular complexity index is 427. The van der Waals surface area contributed by atoms with Crippen LogP contribution in [0, 0.1) is 6.92 Å². The van der Waals surface area contributed by atoms with E-state index in [0.717, 1.165) is 5.65 Å². The second-order valence-electron chi connectivity index (χ2n) is 3.70. The SMILES string of the molecule is Cc1cccc2ncc(C(C)C)n12. The Morgan fingerprint density at radius 3 is 2.77 bits per heavy atom. The van der Waals surface area contributed by atoms with E-state index in [1.807, 2.05) is 18.3 Å². The van der Waals surface area contributed by atoms with Crippen LogP contribution in [0.25, 0.3) is 5.65 Å². The van der Waals surface area contributed by atoms with Crippen LogP contribution in [0.2, 0.25) is 0 Å². The normalized spacial score (nSPS) is 11.4. The number of hydrogen-bond donors (Lipinski definition) is 0. The first-order chi connectivity index (χ1) is 6.20. The van der Waals surface area contributed by atoms with Gasteiger partial charge in [-0.15, -0.1) is 0 Å². The number of hydrogen-bond acceptors (Lipinski definition) is 1. The second-order valence-corrected chi connectivity index (χ2v) is 3.70. The molecule has 2 nitrogen and oxygen atoms in total. The zero-order chi connectivity index (χ0) is 9.42. The molecule has 2 aromatic heterocycles. The minimum Gasteiger partial charge on any atom is -0.301 e. The van der Waals surface area contributed by atoms with Crippen LogP contribution in [0.1, 0.15) is 31.2 Å². The van der Waals surface area contributed by atoms with Crippen molar-refractivity contribution < 1.29 is 0 Å². The lowest BCUT2D eigenvalue weighted by molar-refractivity contribution is 0.799. The zero-order valence-electron chi connectivity index (χ0n) is 8.28. The number of imidazole rings is 1. The molecule has 0 N–H and O–H groups in total. The lowest BCUT2D eigenvalue weighted by atomic mass is 10.1. The Kier molecular flexibility index (Phi) is 1.83. The number of nitrogens with zero attached hydrogens (tertiary/aromatic N) is 2. The summed E-state index contributed by atoms with van der Waals surface area (Å²) in [5.74, 6) is 0.524. The molecule has 0 spiro atoms. The fourth-order valence-electron chi connectivity index (χ4n) is 1.64. The van der Waals surface area contributed by atoms with Crippen LogP contribution in [0.3, 0.4) is 0 Å². The molecule has 0 aliphatic rings. The molecule has 0 amide bonds. The summed E-state index contributed by atoms with van der Waals surface area (Å²) in [6.45, 7) is 6.49. The largest absolute Gasteiger partial charge is 0.301 e. The maximum atomic E-state index is 4.36. The van der Waals surface area contributed by atoms with Crippen LogP contribution in [-0.2, 0) is 0 Å². The van der Waals surface area contributed by atoms with Gasteiger partial charge in [-0.3, -0.25) is 0 Å². The molecule has 0 radical (unpaired) electrons. The van der Waals surface area contributed by atoms with Crippen molar-refractivity contribution in [2.24, 2.45) is 0 Å². The van der Waals surface area contributed by atoms with Gasteiger partial charge in [0, 0.05) is 17.6 Å². The first-order valence-corrected chi connectivity index (χ1v) is 4.63. The summed E-state index contributed by atoms with van der Waals surface area (Å²) in [6.07, 6.45) is 1.97. The first-order valence-electron chi connectivity index (χ1n) is 4.63. The Morgan fingerprint density at radius 2 is 2.08 bits per heavy atom. The van der Waals surface area contributed by atoms with E-state index in [2.05, 4.69) is 36.2 Å². The maximum absolute atomic E-state index is 4.36. The van der Waals surface area contributed by atoms with Crippen molar-refractivity contribution >= 4 is 5.65 Å². The van der Waals surface area contributed by atoms with Gasteiger partial charge < -0.3 is 4.40 Å². The van der Waals surface area contributed by atoms with E-state index < -0.39 is 0 Å². The molecule has 13 heavy (non-hydrogen) atoms. The van der Waals surface area contributed by atoms with E-state index in [-0.39, 0.29) is 0 Å². The van der Waals surface area contributed by atoms with Crippen LogP contribution in [-0.4, -0.2) is 9.38 Å². The lowest BCUT2D eigenvalue weighted by Crippen LogP contribution is -1.97. The number of fused-ring (bicyclic) bond motifs is 1. The summed E-state index contributed by atoms with van der Waals surface area (Å²) in [5, 5.41) is 0. The van der Waals surface area contributed by atoms with E-state index in [1.54, 1.807) is 0 Å². The Hall–Kier alpha value is -1.31. The molecule has 2 heteroatoms. The summed E-state index contributed by atoms with van der Waals surface area (Å²) >= 11 is 0. The third-order valence-electron chi connectivity index (χ3n) is 2.34. The Labute approximate surface area is 78.2 Å². The van der Waals surface area contributed by atoms with Crippen molar-refractivity contribution in [2.75, 3.05) is 0 Å². The second kappa shape index (κ2) is 2.87. The number of aryl methyl sites for hydroxylation is 1. The van der Waals surface area contributed by atoms with E-state index in [9.17, 15) is 0 Å². The quantitative estimate of drug-likeness (QED) is 0.649. The highest BCUT2D eigenvalue weighted by Crippen LogP contribution is 2.17. The highest BCUT2D eigenvalue weighted by Gasteiger charge is 2.07. The molecule has 0 aliphatic heterocycles. The summed E-state index contributed by atoms with van der Waals surface area (Å²) in [6, 6.07) is 6.20. The fraction of sp³-hybridized carbons (Fsp3) is 0.364. The van der Waals surface area contributed by atoms with Gasteiger partial charge in [-0.2, -0.15) is 0 Å². The van der Waals surface area contributed by atoms with Crippen molar-refractivity contribution in [3.8, 4) is 0 Å². The molecule has 0 atom stereocenters. The van der Waals surface area contributed by atoms with Gasteiger partial charge in [-0.25, -0.2) is 4.98 Å². The van der Waals surface area contributed by atoms with Crippen LogP contribution >= 0.6 is 0 Å². The van der Waals surface area contributed by atoms with E-state index in [1.165, 1.54) is 11.4 Å². The van der Waals surface area contributed by atoms with Gasteiger partial charge in [-0.05, 0) is 25.0 Å². The Morgan fingerprint density at radius 1 is 1.31 bits per heavy atom.